The van der Waals surface area contributed by atoms with E-state index < -0.39 is 11.7 Å². The fourth-order valence-electron chi connectivity index (χ4n) is 2.91. The molecule has 3 nitrogen and oxygen atoms in total. The van der Waals surface area contributed by atoms with E-state index in [4.69, 9.17) is 11.6 Å². The third-order valence-corrected chi connectivity index (χ3v) is 4.49. The largest absolute Gasteiger partial charge is 0.348 e. The van der Waals surface area contributed by atoms with Gasteiger partial charge >= 0.3 is 0 Å². The number of carbonyl (C=O) groups excluding carboxylic acids is 1. The van der Waals surface area contributed by atoms with Crippen molar-refractivity contribution in [1.82, 2.24) is 10.2 Å². The van der Waals surface area contributed by atoms with Crippen molar-refractivity contribution in [3.05, 3.63) is 70.0 Å². The quantitative estimate of drug-likeness (QED) is 0.887. The minimum Gasteiger partial charge on any atom is -0.348 e. The number of likely N-dealkylation sites (tertiary alicyclic amines) is 1. The van der Waals surface area contributed by atoms with Crippen molar-refractivity contribution in [3.63, 3.8) is 0 Å². The molecule has 5 heteroatoms. The van der Waals surface area contributed by atoms with E-state index in [1.165, 1.54) is 49.7 Å². The Morgan fingerprint density at radius 2 is 1.75 bits per heavy atom. The highest BCUT2D eigenvalue weighted by Gasteiger charge is 2.13. The van der Waals surface area contributed by atoms with Gasteiger partial charge < -0.3 is 5.32 Å². The molecule has 126 valence electrons. The van der Waals surface area contributed by atoms with E-state index >= 15 is 0 Å². The van der Waals surface area contributed by atoms with Crippen molar-refractivity contribution in [2.24, 2.45) is 0 Å². The lowest BCUT2D eigenvalue weighted by Gasteiger charge is -2.14. The first kappa shape index (κ1) is 16.9. The lowest BCUT2D eigenvalue weighted by atomic mass is 10.1. The van der Waals surface area contributed by atoms with Crippen LogP contribution >= 0.6 is 11.6 Å². The summed E-state index contributed by atoms with van der Waals surface area (Å²) in [7, 11) is 0. The third-order valence-electron chi connectivity index (χ3n) is 4.25. The molecule has 1 fully saturated rings. The highest BCUT2D eigenvalue weighted by Crippen LogP contribution is 2.16. The zero-order valence-electron chi connectivity index (χ0n) is 13.4. The minimum absolute atomic E-state index is 0.0341. The van der Waals surface area contributed by atoms with Crippen LogP contribution in [0, 0.1) is 5.82 Å². The highest BCUT2D eigenvalue weighted by atomic mass is 35.5. The zero-order chi connectivity index (χ0) is 16.9. The lowest BCUT2D eigenvalue weighted by molar-refractivity contribution is 0.0947. The molecule has 1 aliphatic rings. The molecule has 0 aromatic heterocycles. The molecule has 1 heterocycles. The molecule has 1 N–H and O–H groups in total. The van der Waals surface area contributed by atoms with E-state index in [2.05, 4.69) is 22.3 Å². The predicted octanol–water partition coefficient (Wildman–Crippen LogP) is 4.00. The van der Waals surface area contributed by atoms with Gasteiger partial charge in [0.1, 0.15) is 5.82 Å². The zero-order valence-corrected chi connectivity index (χ0v) is 14.2. The van der Waals surface area contributed by atoms with Gasteiger partial charge in [-0.15, -0.1) is 0 Å². The van der Waals surface area contributed by atoms with Crippen molar-refractivity contribution in [2.45, 2.75) is 25.9 Å². The molecule has 0 atom stereocenters. The summed E-state index contributed by atoms with van der Waals surface area (Å²) in [6, 6.07) is 12.1. The third kappa shape index (κ3) is 4.34. The fourth-order valence-corrected chi connectivity index (χ4v) is 3.08. The molecule has 1 aliphatic heterocycles. The topological polar surface area (TPSA) is 32.3 Å². The number of nitrogens with zero attached hydrogens (tertiary/aromatic N) is 1. The van der Waals surface area contributed by atoms with Crippen molar-refractivity contribution >= 4 is 17.5 Å². The number of nitrogens with one attached hydrogen (secondary N) is 1. The monoisotopic (exact) mass is 346 g/mol. The molecule has 0 aliphatic carbocycles. The Morgan fingerprint density at radius 1 is 1.08 bits per heavy atom. The molecule has 0 unspecified atom stereocenters. The van der Waals surface area contributed by atoms with Gasteiger partial charge in [0.2, 0.25) is 0 Å². The van der Waals surface area contributed by atoms with Crippen molar-refractivity contribution in [2.75, 3.05) is 13.1 Å². The molecular formula is C19H20ClFN2O. The maximum absolute atomic E-state index is 13.7. The lowest BCUT2D eigenvalue weighted by Crippen LogP contribution is -2.24. The summed E-state index contributed by atoms with van der Waals surface area (Å²) in [5.41, 5.74) is 2.22. The van der Waals surface area contributed by atoms with Gasteiger partial charge in [0.25, 0.3) is 5.91 Å². The van der Waals surface area contributed by atoms with Crippen LogP contribution in [0.5, 0.6) is 0 Å². The van der Waals surface area contributed by atoms with Gasteiger partial charge in [0.15, 0.2) is 0 Å². The Bertz CT molecular complexity index is 712. The van der Waals surface area contributed by atoms with Gasteiger partial charge in [-0.3, -0.25) is 9.69 Å². The maximum Gasteiger partial charge on any atom is 0.254 e. The van der Waals surface area contributed by atoms with Crippen LogP contribution in [0.1, 0.15) is 34.3 Å². The average Bonchev–Trinajstić information content (AvgIpc) is 3.09. The number of amides is 1. The summed E-state index contributed by atoms with van der Waals surface area (Å²) in [4.78, 5) is 14.5. The Hall–Kier alpha value is -1.91. The summed E-state index contributed by atoms with van der Waals surface area (Å²) in [6.07, 6.45) is 2.56. The summed E-state index contributed by atoms with van der Waals surface area (Å²) in [5, 5.41) is 3.07. The van der Waals surface area contributed by atoms with Crippen molar-refractivity contribution in [3.8, 4) is 0 Å². The molecule has 24 heavy (non-hydrogen) atoms. The van der Waals surface area contributed by atoms with Gasteiger partial charge in [-0.05, 0) is 55.3 Å². The predicted molar refractivity (Wildman–Crippen MR) is 93.5 cm³/mol. The van der Waals surface area contributed by atoms with Gasteiger partial charge in [0.05, 0.1) is 5.56 Å². The van der Waals surface area contributed by atoms with E-state index in [9.17, 15) is 9.18 Å². The Morgan fingerprint density at radius 3 is 2.46 bits per heavy atom. The van der Waals surface area contributed by atoms with Gasteiger partial charge in [-0.2, -0.15) is 0 Å². The molecule has 0 saturated carbocycles. The summed E-state index contributed by atoms with van der Waals surface area (Å²) in [6.45, 7) is 3.67. The highest BCUT2D eigenvalue weighted by molar-refractivity contribution is 6.31. The molecule has 0 bridgehead atoms. The second-order valence-electron chi connectivity index (χ2n) is 6.11. The first-order valence-corrected chi connectivity index (χ1v) is 8.53. The molecular weight excluding hydrogens is 327 g/mol. The Labute approximate surface area is 146 Å². The smallest absolute Gasteiger partial charge is 0.254 e. The van der Waals surface area contributed by atoms with Crippen LogP contribution in [0.25, 0.3) is 0 Å². The van der Waals surface area contributed by atoms with E-state index in [-0.39, 0.29) is 5.56 Å². The SMILES string of the molecule is O=C(NCc1ccc(CN2CCCC2)cc1)c1cc(Cl)ccc1F. The van der Waals surface area contributed by atoms with E-state index in [0.29, 0.717) is 11.6 Å². The van der Waals surface area contributed by atoms with Gasteiger partial charge in [0, 0.05) is 18.1 Å². The van der Waals surface area contributed by atoms with Crippen LogP contribution in [0.15, 0.2) is 42.5 Å². The molecule has 2 aromatic rings. The van der Waals surface area contributed by atoms with Crippen molar-refractivity contribution in [1.29, 1.82) is 0 Å². The molecule has 3 rings (SSSR count). The second-order valence-corrected chi connectivity index (χ2v) is 6.54. The van der Waals surface area contributed by atoms with Crippen LogP contribution in [-0.2, 0) is 13.1 Å². The molecule has 0 spiro atoms. The molecule has 1 amide bonds. The number of hydrogen-bond acceptors (Lipinski definition) is 2. The Kier molecular flexibility index (Phi) is 5.48. The summed E-state index contributed by atoms with van der Waals surface area (Å²) in [5.74, 6) is -1.03. The standard InChI is InChI=1S/C19H20ClFN2O/c20-16-7-8-18(21)17(11-16)19(24)22-12-14-3-5-15(6-4-14)13-23-9-1-2-10-23/h3-8,11H,1-2,9-10,12-13H2,(H,22,24). The fraction of sp³-hybridized carbons (Fsp3) is 0.316. The normalized spacial score (nSPS) is 14.8. The van der Waals surface area contributed by atoms with Gasteiger partial charge in [-0.25, -0.2) is 4.39 Å². The molecule has 2 aromatic carbocycles. The number of benzene rings is 2. The van der Waals surface area contributed by atoms with E-state index in [0.717, 1.165) is 12.1 Å². The number of hydrogen-bond donors (Lipinski definition) is 1. The number of rotatable bonds is 5. The van der Waals surface area contributed by atoms with E-state index in [1.54, 1.807) is 0 Å². The molecule has 1 saturated heterocycles. The van der Waals surface area contributed by atoms with Crippen LogP contribution in [-0.4, -0.2) is 23.9 Å². The number of halogens is 2. The van der Waals surface area contributed by atoms with Crippen molar-refractivity contribution < 1.29 is 9.18 Å². The minimum atomic E-state index is -0.571. The maximum atomic E-state index is 13.7. The van der Waals surface area contributed by atoms with E-state index in [1.807, 2.05) is 12.1 Å². The average molecular weight is 347 g/mol. The van der Waals surface area contributed by atoms with Crippen LogP contribution < -0.4 is 5.32 Å². The van der Waals surface area contributed by atoms with Crippen LogP contribution in [0.2, 0.25) is 5.02 Å². The Balaban J connectivity index is 1.56. The summed E-state index contributed by atoms with van der Waals surface area (Å²) < 4.78 is 13.7. The van der Waals surface area contributed by atoms with Crippen LogP contribution in [0.4, 0.5) is 4.39 Å². The summed E-state index contributed by atoms with van der Waals surface area (Å²) >= 11 is 5.81. The first-order chi connectivity index (χ1) is 11.6. The first-order valence-electron chi connectivity index (χ1n) is 8.15. The molecule has 0 radical (unpaired) electrons. The van der Waals surface area contributed by atoms with Gasteiger partial charge in [-0.1, -0.05) is 35.9 Å². The van der Waals surface area contributed by atoms with Crippen LogP contribution in [0.3, 0.4) is 0 Å². The number of carbonyl (C=O) groups is 1. The second kappa shape index (κ2) is 7.77.